The zero-order valence-corrected chi connectivity index (χ0v) is 12.0. The van der Waals surface area contributed by atoms with Gasteiger partial charge in [0.1, 0.15) is 0 Å². The lowest BCUT2D eigenvalue weighted by molar-refractivity contribution is -0.385. The molecule has 0 unspecified atom stereocenters. The third kappa shape index (κ3) is 2.72. The van der Waals surface area contributed by atoms with Gasteiger partial charge in [0.25, 0.3) is 5.69 Å². The highest BCUT2D eigenvalue weighted by Crippen LogP contribution is 2.39. The first-order chi connectivity index (χ1) is 10.7. The molecule has 114 valence electrons. The van der Waals surface area contributed by atoms with Gasteiger partial charge in [-0.1, -0.05) is 17.9 Å². The van der Waals surface area contributed by atoms with E-state index in [1.165, 1.54) is 18.2 Å². The monoisotopic (exact) mass is 298 g/mol. The van der Waals surface area contributed by atoms with Crippen LogP contribution in [0.15, 0.2) is 42.7 Å². The van der Waals surface area contributed by atoms with Crippen LogP contribution in [0.2, 0.25) is 0 Å². The second-order valence-corrected chi connectivity index (χ2v) is 5.40. The Morgan fingerprint density at radius 2 is 2.14 bits per heavy atom. The van der Waals surface area contributed by atoms with Gasteiger partial charge in [0, 0.05) is 36.8 Å². The van der Waals surface area contributed by atoms with Crippen molar-refractivity contribution in [2.24, 2.45) is 0 Å². The van der Waals surface area contributed by atoms with E-state index in [-0.39, 0.29) is 17.5 Å². The molecule has 0 aliphatic carbocycles. The SMILES string of the molecule is O=[N+]([O-])c1ccc([O-])c(N2CCCC[C@@H]2c2cccnc2)c1. The van der Waals surface area contributed by atoms with Gasteiger partial charge in [-0.3, -0.25) is 15.1 Å². The van der Waals surface area contributed by atoms with E-state index in [9.17, 15) is 15.2 Å². The van der Waals surface area contributed by atoms with Gasteiger partial charge in [-0.05, 0) is 30.9 Å². The third-order valence-corrected chi connectivity index (χ3v) is 4.03. The van der Waals surface area contributed by atoms with Crippen LogP contribution in [0.5, 0.6) is 5.75 Å². The summed E-state index contributed by atoms with van der Waals surface area (Å²) in [7, 11) is 0. The Labute approximate surface area is 128 Å². The number of benzene rings is 1. The summed E-state index contributed by atoms with van der Waals surface area (Å²) >= 11 is 0. The Hall–Kier alpha value is -2.63. The Balaban J connectivity index is 2.01. The summed E-state index contributed by atoms with van der Waals surface area (Å²) in [6.07, 6.45) is 6.46. The Morgan fingerprint density at radius 1 is 1.27 bits per heavy atom. The predicted octanol–water partition coefficient (Wildman–Crippen LogP) is 2.80. The molecule has 3 rings (SSSR count). The molecule has 1 aliphatic heterocycles. The normalized spacial score (nSPS) is 18.2. The first kappa shape index (κ1) is 14.3. The van der Waals surface area contributed by atoms with E-state index in [1.807, 2.05) is 17.0 Å². The fourth-order valence-electron chi connectivity index (χ4n) is 2.98. The summed E-state index contributed by atoms with van der Waals surface area (Å²) in [5, 5.41) is 23.2. The topological polar surface area (TPSA) is 82.3 Å². The van der Waals surface area contributed by atoms with Crippen molar-refractivity contribution >= 4 is 11.4 Å². The number of aromatic nitrogens is 1. The van der Waals surface area contributed by atoms with E-state index in [4.69, 9.17) is 0 Å². The number of nitro groups is 1. The number of non-ortho nitro benzene ring substituents is 1. The lowest BCUT2D eigenvalue weighted by Gasteiger charge is -2.39. The van der Waals surface area contributed by atoms with Gasteiger partial charge in [0.05, 0.1) is 11.0 Å². The minimum atomic E-state index is -0.466. The van der Waals surface area contributed by atoms with Crippen molar-refractivity contribution in [3.63, 3.8) is 0 Å². The van der Waals surface area contributed by atoms with Crippen molar-refractivity contribution in [3.8, 4) is 5.75 Å². The Kier molecular flexibility index (Phi) is 3.91. The molecule has 1 saturated heterocycles. The van der Waals surface area contributed by atoms with E-state index >= 15 is 0 Å². The highest BCUT2D eigenvalue weighted by molar-refractivity contribution is 5.63. The van der Waals surface area contributed by atoms with Crippen molar-refractivity contribution in [1.29, 1.82) is 0 Å². The van der Waals surface area contributed by atoms with Crippen LogP contribution in [0.1, 0.15) is 30.9 Å². The number of piperidine rings is 1. The zero-order valence-electron chi connectivity index (χ0n) is 12.0. The maximum absolute atomic E-state index is 12.2. The van der Waals surface area contributed by atoms with Gasteiger partial charge >= 0.3 is 0 Å². The van der Waals surface area contributed by atoms with E-state index in [0.29, 0.717) is 5.69 Å². The first-order valence-electron chi connectivity index (χ1n) is 7.29. The molecule has 0 N–H and O–H groups in total. The number of hydrogen-bond donors (Lipinski definition) is 0. The molecule has 0 radical (unpaired) electrons. The Morgan fingerprint density at radius 3 is 2.86 bits per heavy atom. The molecule has 0 spiro atoms. The van der Waals surface area contributed by atoms with Gasteiger partial charge in [-0.25, -0.2) is 0 Å². The molecule has 1 aromatic heterocycles. The molecule has 1 atom stereocenters. The second kappa shape index (κ2) is 6.01. The van der Waals surface area contributed by atoms with Crippen LogP contribution >= 0.6 is 0 Å². The summed E-state index contributed by atoms with van der Waals surface area (Å²) < 4.78 is 0. The average molecular weight is 298 g/mol. The first-order valence-corrected chi connectivity index (χ1v) is 7.29. The Bertz CT molecular complexity index is 676. The van der Waals surface area contributed by atoms with E-state index in [1.54, 1.807) is 12.4 Å². The van der Waals surface area contributed by atoms with Crippen molar-refractivity contribution < 1.29 is 10.0 Å². The maximum Gasteiger partial charge on any atom is 0.271 e. The lowest BCUT2D eigenvalue weighted by atomic mass is 9.95. The predicted molar refractivity (Wildman–Crippen MR) is 80.7 cm³/mol. The van der Waals surface area contributed by atoms with E-state index < -0.39 is 4.92 Å². The molecule has 2 aromatic rings. The average Bonchev–Trinajstić information content (AvgIpc) is 2.56. The highest BCUT2D eigenvalue weighted by Gasteiger charge is 2.25. The number of anilines is 1. The van der Waals surface area contributed by atoms with Crippen molar-refractivity contribution in [1.82, 2.24) is 4.98 Å². The van der Waals surface area contributed by atoms with Crippen LogP contribution < -0.4 is 10.0 Å². The molecule has 0 amide bonds. The highest BCUT2D eigenvalue weighted by atomic mass is 16.6. The molecule has 0 bridgehead atoms. The van der Waals surface area contributed by atoms with Gasteiger partial charge in [-0.15, -0.1) is 0 Å². The zero-order chi connectivity index (χ0) is 15.5. The number of hydrogen-bond acceptors (Lipinski definition) is 5. The van der Waals surface area contributed by atoms with Crippen LogP contribution in [-0.2, 0) is 0 Å². The fraction of sp³-hybridized carbons (Fsp3) is 0.312. The summed E-state index contributed by atoms with van der Waals surface area (Å²) in [6.45, 7) is 0.718. The van der Waals surface area contributed by atoms with Crippen LogP contribution in [0.3, 0.4) is 0 Å². The van der Waals surface area contributed by atoms with Crippen LogP contribution in [0, 0.1) is 10.1 Å². The van der Waals surface area contributed by atoms with E-state index in [2.05, 4.69) is 4.98 Å². The molecule has 6 nitrogen and oxygen atoms in total. The van der Waals surface area contributed by atoms with Crippen LogP contribution in [0.4, 0.5) is 11.4 Å². The number of pyridine rings is 1. The lowest BCUT2D eigenvalue weighted by Crippen LogP contribution is -2.34. The molecule has 1 fully saturated rings. The summed E-state index contributed by atoms with van der Waals surface area (Å²) in [6, 6.07) is 7.82. The van der Waals surface area contributed by atoms with Crippen LogP contribution in [0.25, 0.3) is 0 Å². The largest absolute Gasteiger partial charge is 0.871 e. The smallest absolute Gasteiger partial charge is 0.271 e. The van der Waals surface area contributed by atoms with Gasteiger partial charge in [-0.2, -0.15) is 0 Å². The van der Waals surface area contributed by atoms with E-state index in [0.717, 1.165) is 31.4 Å². The molecular weight excluding hydrogens is 282 g/mol. The standard InChI is InChI=1S/C16H17N3O3/c20-16-7-6-13(19(21)22)10-15(16)18-9-2-1-5-14(18)12-4-3-8-17-11-12/h3-4,6-8,10-11,14,20H,1-2,5,9H2/p-1/t14-/m1/s1. The fourth-order valence-corrected chi connectivity index (χ4v) is 2.98. The minimum Gasteiger partial charge on any atom is -0.871 e. The summed E-state index contributed by atoms with van der Waals surface area (Å²) in [5.74, 6) is -0.179. The molecule has 22 heavy (non-hydrogen) atoms. The van der Waals surface area contributed by atoms with Crippen molar-refractivity contribution in [2.45, 2.75) is 25.3 Å². The van der Waals surface area contributed by atoms with Gasteiger partial charge < -0.3 is 10.0 Å². The van der Waals surface area contributed by atoms with Gasteiger partial charge in [0.2, 0.25) is 0 Å². The van der Waals surface area contributed by atoms with Gasteiger partial charge in [0.15, 0.2) is 0 Å². The molecule has 6 heteroatoms. The third-order valence-electron chi connectivity index (χ3n) is 4.03. The molecule has 0 saturated carbocycles. The molecule has 1 aliphatic rings. The maximum atomic E-state index is 12.2. The van der Waals surface area contributed by atoms with Crippen molar-refractivity contribution in [2.75, 3.05) is 11.4 Å². The van der Waals surface area contributed by atoms with Crippen molar-refractivity contribution in [3.05, 3.63) is 58.4 Å². The van der Waals surface area contributed by atoms with Crippen LogP contribution in [-0.4, -0.2) is 16.5 Å². The molecular formula is C16H16N3O3-. The number of nitro benzene ring substituents is 1. The molecule has 2 heterocycles. The quantitative estimate of drug-likeness (QED) is 0.642. The number of nitrogens with zero attached hydrogens (tertiary/aromatic N) is 3. The number of rotatable bonds is 3. The summed E-state index contributed by atoms with van der Waals surface area (Å²) in [5.41, 5.74) is 1.39. The molecule has 1 aromatic carbocycles. The minimum absolute atomic E-state index is 0.0390. The second-order valence-electron chi connectivity index (χ2n) is 5.40. The summed E-state index contributed by atoms with van der Waals surface area (Å²) in [4.78, 5) is 16.6.